The molecule has 9 heteroatoms. The van der Waals surface area contributed by atoms with Crippen LogP contribution in [0, 0.1) is 11.6 Å². The molecule has 0 aromatic heterocycles. The van der Waals surface area contributed by atoms with Crippen LogP contribution in [0.1, 0.15) is 5.56 Å². The summed E-state index contributed by atoms with van der Waals surface area (Å²) in [6.45, 7) is 0. The Bertz CT molecular complexity index is 433. The average Bonchev–Trinajstić information content (AvgIpc) is 2.17. The highest BCUT2D eigenvalue weighted by Gasteiger charge is 2.72. The lowest BCUT2D eigenvalue weighted by Gasteiger charge is -2.32. The Hall–Kier alpha value is -1.38. The van der Waals surface area contributed by atoms with E-state index in [2.05, 4.69) is 0 Å². The van der Waals surface area contributed by atoms with E-state index in [-0.39, 0.29) is 12.1 Å². The number of hydrogen-bond donors (Lipinski definition) is 1. The molecule has 1 aromatic carbocycles. The standard InChI is InChI=1S/C9H4F8O/c10-4-1-2-6(11)5(3-4)7(18,8(12,13)14)9(15,16)17/h1-3,18H. The monoisotopic (exact) mass is 280 g/mol. The molecule has 0 unspecified atom stereocenters. The average molecular weight is 280 g/mol. The zero-order chi connectivity index (χ0) is 14.4. The molecule has 0 aliphatic heterocycles. The van der Waals surface area contributed by atoms with Crippen molar-refractivity contribution in [3.8, 4) is 0 Å². The topological polar surface area (TPSA) is 20.2 Å². The number of aliphatic hydroxyl groups is 1. The molecule has 0 saturated carbocycles. The minimum atomic E-state index is -6.25. The van der Waals surface area contributed by atoms with Gasteiger partial charge in [0, 0.05) is 5.56 Å². The van der Waals surface area contributed by atoms with E-state index in [1.54, 1.807) is 0 Å². The highest BCUT2D eigenvalue weighted by atomic mass is 19.4. The van der Waals surface area contributed by atoms with E-state index in [0.717, 1.165) is 0 Å². The van der Waals surface area contributed by atoms with Gasteiger partial charge in [-0.05, 0) is 18.2 Å². The lowest BCUT2D eigenvalue weighted by atomic mass is 9.91. The van der Waals surface area contributed by atoms with E-state index in [1.807, 2.05) is 0 Å². The van der Waals surface area contributed by atoms with Crippen molar-refractivity contribution in [2.24, 2.45) is 0 Å². The number of rotatable bonds is 1. The van der Waals surface area contributed by atoms with Crippen molar-refractivity contribution in [3.63, 3.8) is 0 Å². The summed E-state index contributed by atoms with van der Waals surface area (Å²) >= 11 is 0. The largest absolute Gasteiger partial charge is 0.430 e. The Balaban J connectivity index is 3.61. The Morgan fingerprint density at radius 1 is 0.833 bits per heavy atom. The predicted molar refractivity (Wildman–Crippen MR) is 42.4 cm³/mol. The van der Waals surface area contributed by atoms with Gasteiger partial charge in [-0.1, -0.05) is 0 Å². The first-order valence-corrected chi connectivity index (χ1v) is 4.22. The number of halogens is 8. The summed E-state index contributed by atoms with van der Waals surface area (Å²) in [5.74, 6) is -3.56. The molecule has 0 heterocycles. The fourth-order valence-electron chi connectivity index (χ4n) is 1.24. The molecule has 0 radical (unpaired) electrons. The van der Waals surface area contributed by atoms with Gasteiger partial charge in [0.05, 0.1) is 0 Å². The van der Waals surface area contributed by atoms with Gasteiger partial charge < -0.3 is 5.11 Å². The minimum Gasteiger partial charge on any atom is -0.369 e. The molecule has 0 amide bonds. The van der Waals surface area contributed by atoms with Crippen LogP contribution >= 0.6 is 0 Å². The predicted octanol–water partition coefficient (Wildman–Crippen LogP) is 3.28. The first-order chi connectivity index (χ1) is 7.91. The van der Waals surface area contributed by atoms with Crippen molar-refractivity contribution in [2.75, 3.05) is 0 Å². The van der Waals surface area contributed by atoms with E-state index in [0.29, 0.717) is 6.07 Å². The van der Waals surface area contributed by atoms with Gasteiger partial charge in [-0.15, -0.1) is 0 Å². The van der Waals surface area contributed by atoms with E-state index in [4.69, 9.17) is 5.11 Å². The maximum absolute atomic E-state index is 13.0. The maximum atomic E-state index is 13.0. The molecule has 0 aliphatic rings. The van der Waals surface area contributed by atoms with Crippen LogP contribution in [-0.2, 0) is 5.60 Å². The fraction of sp³-hybridized carbons (Fsp3) is 0.333. The van der Waals surface area contributed by atoms with Crippen LogP contribution in [-0.4, -0.2) is 17.5 Å². The van der Waals surface area contributed by atoms with Crippen molar-refractivity contribution < 1.29 is 40.2 Å². The molecule has 0 atom stereocenters. The molecule has 0 aliphatic carbocycles. The number of hydrogen-bond acceptors (Lipinski definition) is 1. The van der Waals surface area contributed by atoms with Gasteiger partial charge in [0.15, 0.2) is 0 Å². The molecular weight excluding hydrogens is 276 g/mol. The molecule has 1 nitrogen and oxygen atoms in total. The summed E-state index contributed by atoms with van der Waals surface area (Å²) < 4.78 is 99.7. The summed E-state index contributed by atoms with van der Waals surface area (Å²) in [7, 11) is 0. The van der Waals surface area contributed by atoms with Crippen LogP contribution in [0.4, 0.5) is 35.1 Å². The lowest BCUT2D eigenvalue weighted by Crippen LogP contribution is -2.54. The Morgan fingerprint density at radius 2 is 1.28 bits per heavy atom. The van der Waals surface area contributed by atoms with Gasteiger partial charge in [-0.25, -0.2) is 8.78 Å². The molecule has 0 bridgehead atoms. The van der Waals surface area contributed by atoms with Crippen molar-refractivity contribution in [1.82, 2.24) is 0 Å². The molecule has 18 heavy (non-hydrogen) atoms. The van der Waals surface area contributed by atoms with Crippen molar-refractivity contribution in [3.05, 3.63) is 35.4 Å². The third-order valence-electron chi connectivity index (χ3n) is 2.14. The van der Waals surface area contributed by atoms with Crippen LogP contribution < -0.4 is 0 Å². The Kier molecular flexibility index (Phi) is 3.32. The summed E-state index contributed by atoms with van der Waals surface area (Å²) in [6.07, 6.45) is -12.5. The number of alkyl halides is 6. The molecule has 1 rings (SSSR count). The SMILES string of the molecule is OC(c1cc(F)ccc1F)(C(F)(F)F)C(F)(F)F. The van der Waals surface area contributed by atoms with Crippen LogP contribution in [0.3, 0.4) is 0 Å². The quantitative estimate of drug-likeness (QED) is 0.783. The minimum absolute atomic E-state index is 0.0626. The second kappa shape index (κ2) is 4.08. The highest BCUT2D eigenvalue weighted by molar-refractivity contribution is 5.28. The second-order valence-corrected chi connectivity index (χ2v) is 3.33. The van der Waals surface area contributed by atoms with Crippen LogP contribution in [0.5, 0.6) is 0 Å². The first-order valence-electron chi connectivity index (χ1n) is 4.22. The smallest absolute Gasteiger partial charge is 0.369 e. The molecule has 1 aromatic rings. The molecule has 0 fully saturated rings. The van der Waals surface area contributed by atoms with E-state index in [1.165, 1.54) is 0 Å². The Labute approximate surface area is 94.6 Å². The van der Waals surface area contributed by atoms with Crippen molar-refractivity contribution in [2.45, 2.75) is 18.0 Å². The normalized spacial score (nSPS) is 13.8. The third-order valence-corrected chi connectivity index (χ3v) is 2.14. The molecule has 0 saturated heterocycles. The maximum Gasteiger partial charge on any atom is 0.430 e. The van der Waals surface area contributed by atoms with E-state index in [9.17, 15) is 35.1 Å². The van der Waals surface area contributed by atoms with E-state index >= 15 is 0 Å². The van der Waals surface area contributed by atoms with Gasteiger partial charge in [0.25, 0.3) is 5.60 Å². The van der Waals surface area contributed by atoms with Crippen LogP contribution in [0.15, 0.2) is 18.2 Å². The second-order valence-electron chi connectivity index (χ2n) is 3.33. The lowest BCUT2D eigenvalue weighted by molar-refractivity contribution is -0.377. The van der Waals surface area contributed by atoms with Crippen LogP contribution in [0.2, 0.25) is 0 Å². The number of benzene rings is 1. The molecule has 102 valence electrons. The van der Waals surface area contributed by atoms with Gasteiger partial charge in [0.1, 0.15) is 11.6 Å². The van der Waals surface area contributed by atoms with E-state index < -0.39 is 35.2 Å². The van der Waals surface area contributed by atoms with Crippen LogP contribution in [0.25, 0.3) is 0 Å². The van der Waals surface area contributed by atoms with Gasteiger partial charge >= 0.3 is 12.4 Å². The first kappa shape index (κ1) is 14.7. The summed E-state index contributed by atoms with van der Waals surface area (Å²) in [6, 6.07) is 0.0371. The molecule has 0 spiro atoms. The summed E-state index contributed by atoms with van der Waals surface area (Å²) in [5.41, 5.74) is -7.70. The van der Waals surface area contributed by atoms with Gasteiger partial charge in [-0.2, -0.15) is 26.3 Å². The van der Waals surface area contributed by atoms with Gasteiger partial charge in [-0.3, -0.25) is 0 Å². The molecular formula is C9H4F8O. The zero-order valence-corrected chi connectivity index (χ0v) is 8.20. The summed E-state index contributed by atoms with van der Waals surface area (Å²) in [5, 5.41) is 8.80. The highest BCUT2D eigenvalue weighted by Crippen LogP contribution is 2.50. The van der Waals surface area contributed by atoms with Crippen molar-refractivity contribution >= 4 is 0 Å². The third kappa shape index (κ3) is 2.14. The zero-order valence-electron chi connectivity index (χ0n) is 8.20. The fourth-order valence-corrected chi connectivity index (χ4v) is 1.24. The van der Waals surface area contributed by atoms with Crippen molar-refractivity contribution in [1.29, 1.82) is 0 Å². The Morgan fingerprint density at radius 3 is 1.67 bits per heavy atom. The molecule has 1 N–H and O–H groups in total. The van der Waals surface area contributed by atoms with Gasteiger partial charge in [0.2, 0.25) is 0 Å². The summed E-state index contributed by atoms with van der Waals surface area (Å²) in [4.78, 5) is 0.